The van der Waals surface area contributed by atoms with Gasteiger partial charge < -0.3 is 9.72 Å². The van der Waals surface area contributed by atoms with E-state index >= 15 is 0 Å². The Balaban J connectivity index is 1.49. The van der Waals surface area contributed by atoms with Crippen molar-refractivity contribution in [3.63, 3.8) is 0 Å². The molecule has 2 saturated heterocycles. The molecule has 0 saturated carbocycles. The van der Waals surface area contributed by atoms with Gasteiger partial charge in [0.2, 0.25) is 5.91 Å². The molecule has 1 amide bonds. The van der Waals surface area contributed by atoms with Gasteiger partial charge in [-0.3, -0.25) is 14.7 Å². The minimum Gasteiger partial charge on any atom is -0.349 e. The molecule has 2 fully saturated rings. The highest BCUT2D eigenvalue weighted by atomic mass is 16.1. The Bertz CT molecular complexity index is 1030. The van der Waals surface area contributed by atoms with Crippen LogP contribution in [0.1, 0.15) is 48.6 Å². The highest BCUT2D eigenvalue weighted by molar-refractivity contribution is 5.77. The zero-order valence-corrected chi connectivity index (χ0v) is 16.8. The SMILES string of the molecule is Cc1nc2ccccn2c1CN1C[C@@H](c2cccnc2)[C@@]2(CCCCC(=O)N2)C1. The molecule has 2 aliphatic rings. The molecular weight excluding hydrogens is 362 g/mol. The molecular formula is C23H27N5O. The molecule has 29 heavy (non-hydrogen) atoms. The van der Waals surface area contributed by atoms with Crippen molar-refractivity contribution in [1.82, 2.24) is 24.6 Å². The van der Waals surface area contributed by atoms with Gasteiger partial charge >= 0.3 is 0 Å². The average Bonchev–Trinajstić information content (AvgIpc) is 3.16. The van der Waals surface area contributed by atoms with Crippen molar-refractivity contribution in [2.24, 2.45) is 0 Å². The third-order valence-electron chi connectivity index (χ3n) is 6.57. The second-order valence-electron chi connectivity index (χ2n) is 8.49. The summed E-state index contributed by atoms with van der Waals surface area (Å²) < 4.78 is 2.19. The molecule has 0 aliphatic carbocycles. The van der Waals surface area contributed by atoms with Gasteiger partial charge in [-0.25, -0.2) is 4.98 Å². The van der Waals surface area contributed by atoms with Crippen molar-refractivity contribution >= 4 is 11.6 Å². The van der Waals surface area contributed by atoms with E-state index in [1.807, 2.05) is 36.7 Å². The van der Waals surface area contributed by atoms with E-state index in [0.717, 1.165) is 50.2 Å². The molecule has 6 nitrogen and oxygen atoms in total. The fourth-order valence-corrected chi connectivity index (χ4v) is 5.21. The summed E-state index contributed by atoms with van der Waals surface area (Å²) in [6.45, 7) is 4.68. The molecule has 1 N–H and O–H groups in total. The molecule has 2 aliphatic heterocycles. The number of nitrogens with zero attached hydrogens (tertiary/aromatic N) is 4. The highest BCUT2D eigenvalue weighted by Crippen LogP contribution is 2.41. The number of aromatic nitrogens is 3. The normalized spacial score (nSPS) is 25.4. The number of rotatable bonds is 3. The van der Waals surface area contributed by atoms with E-state index in [9.17, 15) is 4.79 Å². The van der Waals surface area contributed by atoms with Crippen LogP contribution >= 0.6 is 0 Å². The minimum absolute atomic E-state index is 0.184. The van der Waals surface area contributed by atoms with Gasteiger partial charge in [-0.2, -0.15) is 0 Å². The number of aryl methyl sites for hydroxylation is 1. The second-order valence-corrected chi connectivity index (χ2v) is 8.49. The number of imidazole rings is 1. The molecule has 0 aromatic carbocycles. The van der Waals surface area contributed by atoms with Gasteiger partial charge in [0.05, 0.1) is 16.9 Å². The lowest BCUT2D eigenvalue weighted by atomic mass is 9.79. The van der Waals surface area contributed by atoms with E-state index in [-0.39, 0.29) is 17.4 Å². The Morgan fingerprint density at radius 2 is 2.17 bits per heavy atom. The van der Waals surface area contributed by atoms with E-state index in [1.54, 1.807) is 0 Å². The Kier molecular flexibility index (Phi) is 4.59. The van der Waals surface area contributed by atoms with Crippen molar-refractivity contribution in [1.29, 1.82) is 0 Å². The number of hydrogen-bond donors (Lipinski definition) is 1. The molecule has 5 heterocycles. The third-order valence-corrected chi connectivity index (χ3v) is 6.57. The monoisotopic (exact) mass is 389 g/mol. The molecule has 150 valence electrons. The van der Waals surface area contributed by atoms with Crippen LogP contribution < -0.4 is 5.32 Å². The number of carbonyl (C=O) groups excluding carboxylic acids is 1. The van der Waals surface area contributed by atoms with Gasteiger partial charge in [0.15, 0.2) is 0 Å². The molecule has 3 aromatic rings. The van der Waals surface area contributed by atoms with Gasteiger partial charge in [-0.15, -0.1) is 0 Å². The van der Waals surface area contributed by atoms with E-state index in [1.165, 1.54) is 11.3 Å². The molecule has 1 spiro atoms. The number of hydrogen-bond acceptors (Lipinski definition) is 4. The minimum atomic E-state index is -0.217. The topological polar surface area (TPSA) is 62.5 Å². The number of likely N-dealkylation sites (tertiary alicyclic amines) is 1. The number of amides is 1. The Morgan fingerprint density at radius 3 is 3.03 bits per heavy atom. The van der Waals surface area contributed by atoms with Crippen LogP contribution in [0.25, 0.3) is 5.65 Å². The molecule has 5 rings (SSSR count). The Labute approximate surface area is 171 Å². The summed E-state index contributed by atoms with van der Waals surface area (Å²) >= 11 is 0. The quantitative estimate of drug-likeness (QED) is 0.748. The summed E-state index contributed by atoms with van der Waals surface area (Å²) in [4.78, 5) is 24.1. The standard InChI is InChI=1S/C23H27N5O/c1-17-20(28-12-5-3-8-21(28)25-17)15-27-14-19(18-7-6-11-24-13-18)23(16-27)10-4-2-9-22(29)26-23/h3,5-8,11-13,19H,2,4,9-10,14-16H2,1H3,(H,26,29)/t19-,23+/m0/s1. The maximum atomic E-state index is 12.5. The Morgan fingerprint density at radius 1 is 1.24 bits per heavy atom. The number of fused-ring (bicyclic) bond motifs is 1. The summed E-state index contributed by atoms with van der Waals surface area (Å²) in [5.74, 6) is 0.432. The first-order valence-electron chi connectivity index (χ1n) is 10.5. The lowest BCUT2D eigenvalue weighted by molar-refractivity contribution is -0.122. The van der Waals surface area contributed by atoms with Crippen LogP contribution in [0.4, 0.5) is 0 Å². The molecule has 2 atom stereocenters. The van der Waals surface area contributed by atoms with Crippen LogP contribution in [0, 0.1) is 6.92 Å². The zero-order valence-electron chi connectivity index (χ0n) is 16.8. The first-order valence-corrected chi connectivity index (χ1v) is 10.5. The highest BCUT2D eigenvalue weighted by Gasteiger charge is 2.48. The summed E-state index contributed by atoms with van der Waals surface area (Å²) in [6, 6.07) is 10.3. The van der Waals surface area contributed by atoms with Crippen LogP contribution in [-0.4, -0.2) is 43.8 Å². The van der Waals surface area contributed by atoms with Gasteiger partial charge in [0.1, 0.15) is 5.65 Å². The maximum Gasteiger partial charge on any atom is 0.220 e. The van der Waals surface area contributed by atoms with Crippen LogP contribution in [0.5, 0.6) is 0 Å². The Hall–Kier alpha value is -2.73. The smallest absolute Gasteiger partial charge is 0.220 e. The number of carbonyl (C=O) groups is 1. The second kappa shape index (κ2) is 7.26. The van der Waals surface area contributed by atoms with Crippen LogP contribution in [0.15, 0.2) is 48.9 Å². The predicted octanol–water partition coefficient (Wildman–Crippen LogP) is 3.07. The van der Waals surface area contributed by atoms with E-state index < -0.39 is 0 Å². The van der Waals surface area contributed by atoms with Crippen molar-refractivity contribution in [3.8, 4) is 0 Å². The summed E-state index contributed by atoms with van der Waals surface area (Å²) in [5, 5.41) is 3.43. The van der Waals surface area contributed by atoms with Gasteiger partial charge in [-0.1, -0.05) is 18.6 Å². The van der Waals surface area contributed by atoms with Crippen molar-refractivity contribution in [2.75, 3.05) is 13.1 Å². The molecule has 3 aromatic heterocycles. The molecule has 0 bridgehead atoms. The molecule has 0 radical (unpaired) electrons. The van der Waals surface area contributed by atoms with Crippen molar-refractivity contribution in [2.45, 2.75) is 50.6 Å². The van der Waals surface area contributed by atoms with E-state index in [0.29, 0.717) is 6.42 Å². The largest absolute Gasteiger partial charge is 0.349 e. The fraction of sp³-hybridized carbons (Fsp3) is 0.435. The predicted molar refractivity (Wildman–Crippen MR) is 112 cm³/mol. The van der Waals surface area contributed by atoms with Crippen molar-refractivity contribution in [3.05, 3.63) is 65.9 Å². The van der Waals surface area contributed by atoms with Crippen LogP contribution in [0.3, 0.4) is 0 Å². The fourth-order valence-electron chi connectivity index (χ4n) is 5.21. The lowest BCUT2D eigenvalue weighted by Crippen LogP contribution is -2.52. The number of nitrogens with one attached hydrogen (secondary N) is 1. The molecule has 0 unspecified atom stereocenters. The first kappa shape index (κ1) is 18.3. The number of pyridine rings is 2. The van der Waals surface area contributed by atoms with E-state index in [4.69, 9.17) is 4.98 Å². The zero-order chi connectivity index (χ0) is 19.8. The average molecular weight is 390 g/mol. The van der Waals surface area contributed by atoms with Crippen LogP contribution in [0.2, 0.25) is 0 Å². The summed E-state index contributed by atoms with van der Waals surface area (Å²) in [6.07, 6.45) is 9.57. The molecule has 6 heteroatoms. The summed E-state index contributed by atoms with van der Waals surface area (Å²) in [7, 11) is 0. The summed E-state index contributed by atoms with van der Waals surface area (Å²) in [5.41, 5.74) is 4.28. The van der Waals surface area contributed by atoms with Crippen LogP contribution in [-0.2, 0) is 11.3 Å². The van der Waals surface area contributed by atoms with Crippen molar-refractivity contribution < 1.29 is 4.79 Å². The van der Waals surface area contributed by atoms with Gasteiger partial charge in [0, 0.05) is 50.6 Å². The maximum absolute atomic E-state index is 12.5. The van der Waals surface area contributed by atoms with E-state index in [2.05, 4.69) is 38.8 Å². The lowest BCUT2D eigenvalue weighted by Gasteiger charge is -2.35. The third kappa shape index (κ3) is 3.31. The first-order chi connectivity index (χ1) is 14.1. The van der Waals surface area contributed by atoms with Gasteiger partial charge in [-0.05, 0) is 43.5 Å². The van der Waals surface area contributed by atoms with Gasteiger partial charge in [0.25, 0.3) is 0 Å².